The van der Waals surface area contributed by atoms with Gasteiger partial charge in [0.2, 0.25) is 0 Å². The first-order valence-electron chi connectivity index (χ1n) is 7.92. The average Bonchev–Trinajstić information content (AvgIpc) is 2.62. The highest BCUT2D eigenvalue weighted by atomic mass is 16.5. The molecule has 0 bridgehead atoms. The number of amides is 1. The number of hydrogen-bond acceptors (Lipinski definition) is 4. The third kappa shape index (κ3) is 6.27. The number of carboxylic acids is 1. The maximum Gasteiger partial charge on any atom is 0.303 e. The molecule has 0 fully saturated rings. The second-order valence-corrected chi connectivity index (χ2v) is 5.41. The summed E-state index contributed by atoms with van der Waals surface area (Å²) in [6, 6.07) is 14.0. The van der Waals surface area contributed by atoms with Crippen molar-refractivity contribution in [2.75, 3.05) is 25.6 Å². The van der Waals surface area contributed by atoms with Crippen LogP contribution in [0.1, 0.15) is 22.3 Å². The Morgan fingerprint density at radius 3 is 2.28 bits per heavy atom. The summed E-state index contributed by atoms with van der Waals surface area (Å²) in [6.07, 6.45) is 0.554. The van der Waals surface area contributed by atoms with Crippen LogP contribution in [-0.2, 0) is 16.0 Å². The molecule has 0 aliphatic carbocycles. The third-order valence-corrected chi connectivity index (χ3v) is 3.51. The van der Waals surface area contributed by atoms with Gasteiger partial charge in [0.15, 0.2) is 0 Å². The second-order valence-electron chi connectivity index (χ2n) is 5.41. The highest BCUT2D eigenvalue weighted by Crippen LogP contribution is 2.15. The van der Waals surface area contributed by atoms with E-state index in [1.165, 1.54) is 0 Å². The number of hydrogen-bond donors (Lipinski definition) is 2. The van der Waals surface area contributed by atoms with Gasteiger partial charge in [-0.3, -0.25) is 9.59 Å². The first-order chi connectivity index (χ1) is 12.1. The maximum absolute atomic E-state index is 12.2. The molecule has 1 amide bonds. The molecular weight excluding hydrogens is 322 g/mol. The van der Waals surface area contributed by atoms with Crippen LogP contribution in [0.4, 0.5) is 5.69 Å². The van der Waals surface area contributed by atoms with E-state index in [4.69, 9.17) is 14.6 Å². The average molecular weight is 343 g/mol. The molecule has 6 heteroatoms. The van der Waals surface area contributed by atoms with Crippen LogP contribution in [0.5, 0.6) is 5.75 Å². The molecule has 0 atom stereocenters. The van der Waals surface area contributed by atoms with E-state index < -0.39 is 5.97 Å². The summed E-state index contributed by atoms with van der Waals surface area (Å²) >= 11 is 0. The second kappa shape index (κ2) is 9.44. The third-order valence-electron chi connectivity index (χ3n) is 3.51. The molecule has 0 saturated carbocycles. The van der Waals surface area contributed by atoms with Gasteiger partial charge in [0.1, 0.15) is 12.4 Å². The molecule has 0 spiro atoms. The van der Waals surface area contributed by atoms with Crippen molar-refractivity contribution in [1.29, 1.82) is 0 Å². The lowest BCUT2D eigenvalue weighted by atomic mass is 10.1. The van der Waals surface area contributed by atoms with Gasteiger partial charge in [-0.1, -0.05) is 12.1 Å². The molecule has 2 N–H and O–H groups in total. The fourth-order valence-corrected chi connectivity index (χ4v) is 2.15. The summed E-state index contributed by atoms with van der Waals surface area (Å²) in [5.74, 6) is -0.370. The van der Waals surface area contributed by atoms with E-state index in [1.807, 2.05) is 12.1 Å². The zero-order valence-electron chi connectivity index (χ0n) is 14.0. The van der Waals surface area contributed by atoms with Gasteiger partial charge in [-0.05, 0) is 48.4 Å². The molecule has 0 aliphatic heterocycles. The van der Waals surface area contributed by atoms with Crippen molar-refractivity contribution in [3.63, 3.8) is 0 Å². The Labute approximate surface area is 146 Å². The minimum Gasteiger partial charge on any atom is -0.491 e. The van der Waals surface area contributed by atoms with Crippen LogP contribution in [0.2, 0.25) is 0 Å². The molecule has 132 valence electrons. The number of aryl methyl sites for hydroxylation is 1. The van der Waals surface area contributed by atoms with E-state index in [-0.39, 0.29) is 12.3 Å². The minimum atomic E-state index is -0.827. The first-order valence-corrected chi connectivity index (χ1v) is 7.92. The smallest absolute Gasteiger partial charge is 0.303 e. The minimum absolute atomic E-state index is 0.0878. The topological polar surface area (TPSA) is 84.9 Å². The standard InChI is InChI=1S/C19H21NO5/c1-24-12-13-25-17-9-5-15(6-10-17)19(23)20-16-7-2-14(3-8-16)4-11-18(21)22/h2-3,5-10H,4,11-13H2,1H3,(H,20,23)(H,21,22). The van der Waals surface area contributed by atoms with Gasteiger partial charge in [-0.15, -0.1) is 0 Å². The molecule has 0 aromatic heterocycles. The predicted molar refractivity (Wildman–Crippen MR) is 94.2 cm³/mol. The monoisotopic (exact) mass is 343 g/mol. The van der Waals surface area contributed by atoms with Gasteiger partial charge in [0.05, 0.1) is 6.61 Å². The summed E-state index contributed by atoms with van der Waals surface area (Å²) in [6.45, 7) is 0.959. The molecule has 2 aromatic carbocycles. The van der Waals surface area contributed by atoms with Crippen LogP contribution in [-0.4, -0.2) is 37.3 Å². The normalized spacial score (nSPS) is 10.3. The molecule has 0 unspecified atom stereocenters. The van der Waals surface area contributed by atoms with E-state index in [0.717, 1.165) is 5.56 Å². The van der Waals surface area contributed by atoms with Crippen molar-refractivity contribution in [2.24, 2.45) is 0 Å². The van der Waals surface area contributed by atoms with Gasteiger partial charge >= 0.3 is 5.97 Å². The number of ether oxygens (including phenoxy) is 2. The van der Waals surface area contributed by atoms with Crippen LogP contribution in [0.15, 0.2) is 48.5 Å². The SMILES string of the molecule is COCCOc1ccc(C(=O)Nc2ccc(CCC(=O)O)cc2)cc1. The zero-order chi connectivity index (χ0) is 18.1. The van der Waals surface area contributed by atoms with E-state index in [0.29, 0.717) is 36.6 Å². The fraction of sp³-hybridized carbons (Fsp3) is 0.263. The summed E-state index contributed by atoms with van der Waals surface area (Å²) in [5, 5.41) is 11.5. The number of carbonyl (C=O) groups excluding carboxylic acids is 1. The van der Waals surface area contributed by atoms with Crippen molar-refractivity contribution < 1.29 is 24.2 Å². The Morgan fingerprint density at radius 2 is 1.68 bits per heavy atom. The molecule has 2 rings (SSSR count). The first kappa shape index (κ1) is 18.5. The van der Waals surface area contributed by atoms with Crippen molar-refractivity contribution in [3.8, 4) is 5.75 Å². The number of benzene rings is 2. The van der Waals surface area contributed by atoms with Crippen molar-refractivity contribution in [2.45, 2.75) is 12.8 Å². The zero-order valence-corrected chi connectivity index (χ0v) is 14.0. The van der Waals surface area contributed by atoms with Crippen LogP contribution in [0.25, 0.3) is 0 Å². The molecule has 6 nitrogen and oxygen atoms in total. The maximum atomic E-state index is 12.2. The van der Waals surface area contributed by atoms with Crippen LogP contribution in [0.3, 0.4) is 0 Å². The summed E-state index contributed by atoms with van der Waals surface area (Å²) < 4.78 is 10.4. The Hall–Kier alpha value is -2.86. The van der Waals surface area contributed by atoms with E-state index >= 15 is 0 Å². The number of nitrogens with one attached hydrogen (secondary N) is 1. The van der Waals surface area contributed by atoms with Crippen LogP contribution < -0.4 is 10.1 Å². The highest BCUT2D eigenvalue weighted by Gasteiger charge is 2.07. The summed E-state index contributed by atoms with van der Waals surface area (Å²) in [7, 11) is 1.61. The molecular formula is C19H21NO5. The number of carboxylic acid groups (broad SMARTS) is 1. The van der Waals surface area contributed by atoms with Crippen LogP contribution >= 0.6 is 0 Å². The van der Waals surface area contributed by atoms with Crippen LogP contribution in [0, 0.1) is 0 Å². The van der Waals surface area contributed by atoms with E-state index in [1.54, 1.807) is 43.5 Å². The molecule has 0 saturated heterocycles. The molecule has 0 radical (unpaired) electrons. The van der Waals surface area contributed by atoms with E-state index in [9.17, 15) is 9.59 Å². The van der Waals surface area contributed by atoms with Gasteiger partial charge in [0, 0.05) is 24.8 Å². The predicted octanol–water partition coefficient (Wildman–Crippen LogP) is 2.98. The number of methoxy groups -OCH3 is 1. The Bertz CT molecular complexity index is 695. The van der Waals surface area contributed by atoms with Crippen molar-refractivity contribution in [3.05, 3.63) is 59.7 Å². The summed E-state index contributed by atoms with van der Waals surface area (Å²) in [5.41, 5.74) is 2.09. The van der Waals surface area contributed by atoms with Crippen molar-refractivity contribution >= 4 is 17.6 Å². The fourth-order valence-electron chi connectivity index (χ4n) is 2.15. The number of aliphatic carboxylic acids is 1. The Morgan fingerprint density at radius 1 is 1.00 bits per heavy atom. The van der Waals surface area contributed by atoms with Gasteiger partial charge in [-0.25, -0.2) is 0 Å². The highest BCUT2D eigenvalue weighted by molar-refractivity contribution is 6.04. The molecule has 2 aromatic rings. The van der Waals surface area contributed by atoms with Gasteiger partial charge < -0.3 is 19.9 Å². The van der Waals surface area contributed by atoms with Gasteiger partial charge in [-0.2, -0.15) is 0 Å². The molecule has 0 aliphatic rings. The van der Waals surface area contributed by atoms with E-state index in [2.05, 4.69) is 5.32 Å². The number of anilines is 1. The largest absolute Gasteiger partial charge is 0.491 e. The Balaban J connectivity index is 1.89. The summed E-state index contributed by atoms with van der Waals surface area (Å²) in [4.78, 5) is 22.8. The van der Waals surface area contributed by atoms with Crippen molar-refractivity contribution in [1.82, 2.24) is 0 Å². The molecule has 0 heterocycles. The number of carbonyl (C=O) groups is 2. The van der Waals surface area contributed by atoms with Gasteiger partial charge in [0.25, 0.3) is 5.91 Å². The number of rotatable bonds is 9. The lowest BCUT2D eigenvalue weighted by Gasteiger charge is -2.08. The quantitative estimate of drug-likeness (QED) is 0.684. The lowest BCUT2D eigenvalue weighted by Crippen LogP contribution is -2.12. The lowest BCUT2D eigenvalue weighted by molar-refractivity contribution is -0.136. The molecule has 25 heavy (non-hydrogen) atoms. The Kier molecular flexibility index (Phi) is 6.98.